The summed E-state index contributed by atoms with van der Waals surface area (Å²) in [7, 11) is 0. The third kappa shape index (κ3) is 3.47. The number of aliphatic imine (C=N–C) groups is 1. The van der Waals surface area contributed by atoms with Gasteiger partial charge in [0.15, 0.2) is 5.96 Å². The Hall–Kier alpha value is -2.08. The summed E-state index contributed by atoms with van der Waals surface area (Å²) in [6, 6.07) is 7.47. The first-order chi connectivity index (χ1) is 10.9. The largest absolute Gasteiger partial charge is 0.369 e. The Balaban J connectivity index is 1.70. The first-order valence-electron chi connectivity index (χ1n) is 7.58. The summed E-state index contributed by atoms with van der Waals surface area (Å²) in [5.74, 6) is -0.290. The number of halogens is 1. The van der Waals surface area contributed by atoms with Crippen molar-refractivity contribution in [3.05, 3.63) is 34.9 Å². The van der Waals surface area contributed by atoms with E-state index in [4.69, 9.17) is 17.3 Å². The van der Waals surface area contributed by atoms with Crippen LogP contribution in [0.5, 0.6) is 0 Å². The van der Waals surface area contributed by atoms with E-state index in [0.29, 0.717) is 5.02 Å². The number of nitrogens with zero attached hydrogens (tertiary/aromatic N) is 2. The Labute approximate surface area is 139 Å². The van der Waals surface area contributed by atoms with E-state index in [1.165, 1.54) is 4.90 Å². The molecule has 1 heterocycles. The van der Waals surface area contributed by atoms with Crippen LogP contribution < -0.4 is 11.1 Å². The van der Waals surface area contributed by atoms with Crippen LogP contribution in [0.4, 0.5) is 0 Å². The van der Waals surface area contributed by atoms with Crippen LogP contribution >= 0.6 is 11.6 Å². The molecule has 3 N–H and O–H groups in total. The van der Waals surface area contributed by atoms with E-state index in [0.717, 1.165) is 18.4 Å². The summed E-state index contributed by atoms with van der Waals surface area (Å²) in [4.78, 5) is 30.3. The lowest BCUT2D eigenvalue weighted by molar-refractivity contribution is -0.134. The highest BCUT2D eigenvalue weighted by molar-refractivity contribution is 6.30. The molecule has 122 valence electrons. The molecule has 1 aliphatic heterocycles. The standard InChI is InChI=1S/C16H19ClN4O2/c1-16(8-13(22)19-12-5-6-12)14(23)21(15(18)20-16)9-10-3-2-4-11(17)7-10/h2-4,7,12H,5-6,8-9H2,1H3,(H2,18,20)(H,19,22). The number of nitrogens with two attached hydrogens (primary N) is 1. The van der Waals surface area contributed by atoms with E-state index in [9.17, 15) is 9.59 Å². The average molecular weight is 335 g/mol. The molecule has 1 aromatic rings. The van der Waals surface area contributed by atoms with Crippen molar-refractivity contribution in [2.24, 2.45) is 10.7 Å². The van der Waals surface area contributed by atoms with E-state index < -0.39 is 5.54 Å². The van der Waals surface area contributed by atoms with Crippen molar-refractivity contribution in [3.8, 4) is 0 Å². The van der Waals surface area contributed by atoms with Crippen LogP contribution in [0, 0.1) is 0 Å². The van der Waals surface area contributed by atoms with Gasteiger partial charge in [-0.25, -0.2) is 4.99 Å². The zero-order chi connectivity index (χ0) is 16.6. The summed E-state index contributed by atoms with van der Waals surface area (Å²) in [5, 5.41) is 3.47. The summed E-state index contributed by atoms with van der Waals surface area (Å²) in [6.07, 6.45) is 2.01. The molecule has 1 saturated carbocycles. The Morgan fingerprint density at radius 1 is 1.52 bits per heavy atom. The Kier molecular flexibility index (Phi) is 4.02. The molecule has 1 atom stereocenters. The van der Waals surface area contributed by atoms with E-state index in [2.05, 4.69) is 10.3 Å². The minimum absolute atomic E-state index is 0.00901. The quantitative estimate of drug-likeness (QED) is 0.853. The second-order valence-corrected chi connectivity index (χ2v) is 6.72. The van der Waals surface area contributed by atoms with Gasteiger partial charge in [-0.3, -0.25) is 14.5 Å². The fraction of sp³-hybridized carbons (Fsp3) is 0.438. The fourth-order valence-electron chi connectivity index (χ4n) is 2.66. The van der Waals surface area contributed by atoms with Gasteiger partial charge in [0.05, 0.1) is 13.0 Å². The van der Waals surface area contributed by atoms with Gasteiger partial charge in [0, 0.05) is 11.1 Å². The molecule has 0 saturated heterocycles. The zero-order valence-electron chi connectivity index (χ0n) is 12.9. The van der Waals surface area contributed by atoms with E-state index >= 15 is 0 Å². The van der Waals surface area contributed by atoms with Gasteiger partial charge in [-0.15, -0.1) is 0 Å². The lowest BCUT2D eigenvalue weighted by Gasteiger charge is -2.22. The number of guanidine groups is 1. The van der Waals surface area contributed by atoms with Crippen molar-refractivity contribution in [1.29, 1.82) is 0 Å². The topological polar surface area (TPSA) is 87.8 Å². The van der Waals surface area contributed by atoms with Gasteiger partial charge < -0.3 is 11.1 Å². The zero-order valence-corrected chi connectivity index (χ0v) is 13.6. The van der Waals surface area contributed by atoms with Gasteiger partial charge in [0.1, 0.15) is 5.54 Å². The molecule has 0 spiro atoms. The normalized spacial score (nSPS) is 23.8. The minimum Gasteiger partial charge on any atom is -0.369 e. The molecule has 0 bridgehead atoms. The number of rotatable bonds is 5. The minimum atomic E-state index is -1.14. The fourth-order valence-corrected chi connectivity index (χ4v) is 2.87. The highest BCUT2D eigenvalue weighted by atomic mass is 35.5. The number of amides is 2. The van der Waals surface area contributed by atoms with Crippen molar-refractivity contribution in [3.63, 3.8) is 0 Å². The monoisotopic (exact) mass is 334 g/mol. The van der Waals surface area contributed by atoms with Crippen LogP contribution in [-0.4, -0.2) is 34.3 Å². The molecule has 2 aliphatic rings. The number of hydrogen-bond acceptors (Lipinski definition) is 4. The van der Waals surface area contributed by atoms with E-state index in [1.54, 1.807) is 19.1 Å². The number of benzene rings is 1. The van der Waals surface area contributed by atoms with Crippen LogP contribution in [0.1, 0.15) is 31.7 Å². The second-order valence-electron chi connectivity index (χ2n) is 6.28. The summed E-state index contributed by atoms with van der Waals surface area (Å²) in [6.45, 7) is 1.93. The lowest BCUT2D eigenvalue weighted by atomic mass is 9.97. The molecular weight excluding hydrogens is 316 g/mol. The predicted molar refractivity (Wildman–Crippen MR) is 87.8 cm³/mol. The Morgan fingerprint density at radius 2 is 2.26 bits per heavy atom. The maximum Gasteiger partial charge on any atom is 0.257 e. The molecule has 0 aromatic heterocycles. The average Bonchev–Trinajstić information content (AvgIpc) is 3.24. The van der Waals surface area contributed by atoms with Crippen LogP contribution in [0.15, 0.2) is 29.3 Å². The molecule has 7 heteroatoms. The van der Waals surface area contributed by atoms with Crippen LogP contribution in [0.2, 0.25) is 5.02 Å². The van der Waals surface area contributed by atoms with Crippen LogP contribution in [0.3, 0.4) is 0 Å². The van der Waals surface area contributed by atoms with Crippen molar-refractivity contribution in [1.82, 2.24) is 10.2 Å². The first kappa shape index (κ1) is 15.8. The van der Waals surface area contributed by atoms with Crippen molar-refractivity contribution in [2.75, 3.05) is 0 Å². The van der Waals surface area contributed by atoms with Crippen molar-refractivity contribution in [2.45, 2.75) is 44.3 Å². The second kappa shape index (κ2) is 5.85. The van der Waals surface area contributed by atoms with Gasteiger partial charge in [-0.05, 0) is 37.5 Å². The maximum absolute atomic E-state index is 12.7. The molecule has 0 radical (unpaired) electrons. The smallest absolute Gasteiger partial charge is 0.257 e. The summed E-state index contributed by atoms with van der Waals surface area (Å²) < 4.78 is 0. The van der Waals surface area contributed by atoms with Crippen molar-refractivity contribution >= 4 is 29.4 Å². The third-order valence-corrected chi connectivity index (χ3v) is 4.26. The third-order valence-electron chi connectivity index (χ3n) is 4.02. The van der Waals surface area contributed by atoms with E-state index in [-0.39, 0.29) is 36.8 Å². The van der Waals surface area contributed by atoms with Crippen molar-refractivity contribution < 1.29 is 9.59 Å². The molecule has 23 heavy (non-hydrogen) atoms. The number of carbonyl (C=O) groups is 2. The molecule has 6 nitrogen and oxygen atoms in total. The number of nitrogens with one attached hydrogen (secondary N) is 1. The number of hydrogen-bond donors (Lipinski definition) is 2. The van der Waals surface area contributed by atoms with Crippen LogP contribution in [-0.2, 0) is 16.1 Å². The molecule has 3 rings (SSSR count). The van der Waals surface area contributed by atoms with Gasteiger partial charge in [0.25, 0.3) is 5.91 Å². The van der Waals surface area contributed by atoms with Crippen LogP contribution in [0.25, 0.3) is 0 Å². The van der Waals surface area contributed by atoms with Gasteiger partial charge >= 0.3 is 0 Å². The Bertz CT molecular complexity index is 686. The highest BCUT2D eigenvalue weighted by Gasteiger charge is 2.45. The van der Waals surface area contributed by atoms with Gasteiger partial charge in [-0.1, -0.05) is 23.7 Å². The molecule has 1 unspecified atom stereocenters. The molecule has 2 amide bonds. The molecule has 1 aliphatic carbocycles. The SMILES string of the molecule is CC1(CC(=O)NC2CC2)N=C(N)N(Cc2cccc(Cl)c2)C1=O. The summed E-state index contributed by atoms with van der Waals surface area (Å²) in [5.41, 5.74) is 5.63. The highest BCUT2D eigenvalue weighted by Crippen LogP contribution is 2.28. The van der Waals surface area contributed by atoms with Gasteiger partial charge in [-0.2, -0.15) is 0 Å². The first-order valence-corrected chi connectivity index (χ1v) is 7.96. The van der Waals surface area contributed by atoms with E-state index in [1.807, 2.05) is 12.1 Å². The maximum atomic E-state index is 12.7. The predicted octanol–water partition coefficient (Wildman–Crippen LogP) is 1.42. The molecule has 1 fully saturated rings. The lowest BCUT2D eigenvalue weighted by Crippen LogP contribution is -2.44. The van der Waals surface area contributed by atoms with Gasteiger partial charge in [0.2, 0.25) is 5.91 Å². The summed E-state index contributed by atoms with van der Waals surface area (Å²) >= 11 is 5.96. The number of carbonyl (C=O) groups excluding carboxylic acids is 2. The molecular formula is C16H19ClN4O2. The Morgan fingerprint density at radius 3 is 2.91 bits per heavy atom. The molecule has 1 aromatic carbocycles.